The molecule has 0 saturated carbocycles. The van der Waals surface area contributed by atoms with Gasteiger partial charge in [0.25, 0.3) is 0 Å². The zero-order valence-electron chi connectivity index (χ0n) is 18.0. The predicted molar refractivity (Wildman–Crippen MR) is 126 cm³/mol. The van der Waals surface area contributed by atoms with Gasteiger partial charge in [0.1, 0.15) is 18.3 Å². The largest absolute Gasteiger partial charge is 0.486 e. The van der Waals surface area contributed by atoms with E-state index in [4.69, 9.17) is 4.74 Å². The Hall–Kier alpha value is -3.86. The SMILES string of the molecule is CC(C(=O)NCCc1ccccc1)n1c(C=O)c(OCc2ccccc2)c2ccccc21. The highest BCUT2D eigenvalue weighted by molar-refractivity contribution is 5.98. The molecule has 0 saturated heterocycles. The van der Waals surface area contributed by atoms with Gasteiger partial charge in [0, 0.05) is 11.9 Å². The van der Waals surface area contributed by atoms with Crippen molar-refractivity contribution in [3.63, 3.8) is 0 Å². The van der Waals surface area contributed by atoms with E-state index in [2.05, 4.69) is 5.32 Å². The smallest absolute Gasteiger partial charge is 0.242 e. The molecule has 32 heavy (non-hydrogen) atoms. The first kappa shape index (κ1) is 21.4. The fourth-order valence-electron chi connectivity index (χ4n) is 3.90. The lowest BCUT2D eigenvalue weighted by molar-refractivity contribution is -0.123. The number of carbonyl (C=O) groups excluding carboxylic acids is 2. The first-order valence-corrected chi connectivity index (χ1v) is 10.8. The number of rotatable bonds is 9. The van der Waals surface area contributed by atoms with Crippen LogP contribution in [-0.4, -0.2) is 23.3 Å². The number of nitrogens with one attached hydrogen (secondary N) is 1. The summed E-state index contributed by atoms with van der Waals surface area (Å²) >= 11 is 0. The van der Waals surface area contributed by atoms with Crippen molar-refractivity contribution < 1.29 is 14.3 Å². The molecule has 0 radical (unpaired) electrons. The molecule has 5 heteroatoms. The van der Waals surface area contributed by atoms with E-state index >= 15 is 0 Å². The van der Waals surface area contributed by atoms with Crippen molar-refractivity contribution >= 4 is 23.1 Å². The third kappa shape index (κ3) is 4.57. The van der Waals surface area contributed by atoms with E-state index < -0.39 is 6.04 Å². The van der Waals surface area contributed by atoms with Gasteiger partial charge in [0.15, 0.2) is 12.0 Å². The summed E-state index contributed by atoms with van der Waals surface area (Å²) in [4.78, 5) is 25.1. The van der Waals surface area contributed by atoms with E-state index in [0.717, 1.165) is 34.7 Å². The van der Waals surface area contributed by atoms with Crippen molar-refractivity contribution in [2.75, 3.05) is 6.54 Å². The van der Waals surface area contributed by atoms with Crippen LogP contribution in [0.5, 0.6) is 5.75 Å². The van der Waals surface area contributed by atoms with Crippen LogP contribution < -0.4 is 10.1 Å². The Morgan fingerprint density at radius 2 is 1.56 bits per heavy atom. The fraction of sp³-hybridized carbons (Fsp3) is 0.185. The molecular weight excluding hydrogens is 400 g/mol. The van der Waals surface area contributed by atoms with E-state index in [9.17, 15) is 9.59 Å². The summed E-state index contributed by atoms with van der Waals surface area (Å²) in [6, 6.07) is 26.9. The van der Waals surface area contributed by atoms with Crippen molar-refractivity contribution in [1.82, 2.24) is 9.88 Å². The molecule has 1 N–H and O–H groups in total. The Kier molecular flexibility index (Phi) is 6.66. The highest BCUT2D eigenvalue weighted by atomic mass is 16.5. The molecule has 0 aliphatic carbocycles. The maximum absolute atomic E-state index is 12.9. The number of carbonyl (C=O) groups is 2. The lowest BCUT2D eigenvalue weighted by atomic mass is 10.1. The van der Waals surface area contributed by atoms with Crippen LogP contribution in [0.25, 0.3) is 10.9 Å². The first-order valence-electron chi connectivity index (χ1n) is 10.8. The number of benzene rings is 3. The summed E-state index contributed by atoms with van der Waals surface area (Å²) in [7, 11) is 0. The molecule has 4 rings (SSSR count). The van der Waals surface area contributed by atoms with Gasteiger partial charge in [0.05, 0.1) is 5.52 Å². The quantitative estimate of drug-likeness (QED) is 0.385. The lowest BCUT2D eigenvalue weighted by Gasteiger charge is -2.17. The van der Waals surface area contributed by atoms with E-state index in [0.29, 0.717) is 24.6 Å². The molecule has 0 fully saturated rings. The number of fused-ring (bicyclic) bond motifs is 1. The molecule has 1 atom stereocenters. The van der Waals surface area contributed by atoms with Gasteiger partial charge in [-0.05, 0) is 36.6 Å². The van der Waals surface area contributed by atoms with E-state index in [1.807, 2.05) is 84.9 Å². The predicted octanol–water partition coefficient (Wildman–Crippen LogP) is 4.95. The summed E-state index contributed by atoms with van der Waals surface area (Å²) in [6.45, 7) is 2.67. The summed E-state index contributed by atoms with van der Waals surface area (Å²) in [5.41, 5.74) is 3.33. The summed E-state index contributed by atoms with van der Waals surface area (Å²) in [5.74, 6) is 0.364. The Balaban J connectivity index is 1.57. The first-order chi connectivity index (χ1) is 15.7. The van der Waals surface area contributed by atoms with Gasteiger partial charge in [-0.3, -0.25) is 9.59 Å². The number of hydrogen-bond donors (Lipinski definition) is 1. The molecule has 1 unspecified atom stereocenters. The normalized spacial score (nSPS) is 11.8. The van der Waals surface area contributed by atoms with Gasteiger partial charge in [-0.25, -0.2) is 0 Å². The van der Waals surface area contributed by atoms with E-state index in [-0.39, 0.29) is 5.91 Å². The van der Waals surface area contributed by atoms with Crippen molar-refractivity contribution in [2.45, 2.75) is 26.0 Å². The van der Waals surface area contributed by atoms with Crippen LogP contribution in [0.4, 0.5) is 0 Å². The maximum Gasteiger partial charge on any atom is 0.242 e. The van der Waals surface area contributed by atoms with Gasteiger partial charge < -0.3 is 14.6 Å². The molecule has 5 nitrogen and oxygen atoms in total. The van der Waals surface area contributed by atoms with Crippen LogP contribution in [0, 0.1) is 0 Å². The van der Waals surface area contributed by atoms with Crippen LogP contribution in [0.15, 0.2) is 84.9 Å². The van der Waals surface area contributed by atoms with Gasteiger partial charge >= 0.3 is 0 Å². The second kappa shape index (κ2) is 9.96. The Labute approximate surface area is 187 Å². The number of ether oxygens (including phenoxy) is 1. The van der Waals surface area contributed by atoms with Crippen molar-refractivity contribution in [3.8, 4) is 5.75 Å². The van der Waals surface area contributed by atoms with Crippen molar-refractivity contribution in [1.29, 1.82) is 0 Å². The van der Waals surface area contributed by atoms with E-state index in [1.165, 1.54) is 0 Å². The van der Waals surface area contributed by atoms with Gasteiger partial charge in [-0.15, -0.1) is 0 Å². The molecular formula is C27H26N2O3. The van der Waals surface area contributed by atoms with Gasteiger partial charge in [-0.2, -0.15) is 0 Å². The van der Waals surface area contributed by atoms with E-state index in [1.54, 1.807) is 11.5 Å². The Morgan fingerprint density at radius 3 is 2.25 bits per heavy atom. The Morgan fingerprint density at radius 1 is 0.938 bits per heavy atom. The van der Waals surface area contributed by atoms with Crippen LogP contribution in [0.2, 0.25) is 0 Å². The topological polar surface area (TPSA) is 60.3 Å². The zero-order valence-corrected chi connectivity index (χ0v) is 18.0. The number of para-hydroxylation sites is 1. The maximum atomic E-state index is 12.9. The summed E-state index contributed by atoms with van der Waals surface area (Å²) in [6.07, 6.45) is 1.52. The molecule has 0 bridgehead atoms. The molecule has 0 aliphatic heterocycles. The third-order valence-electron chi connectivity index (χ3n) is 5.56. The monoisotopic (exact) mass is 426 g/mol. The second-order valence-electron chi connectivity index (χ2n) is 7.70. The van der Waals surface area contributed by atoms with Crippen molar-refractivity contribution in [2.24, 2.45) is 0 Å². The molecule has 1 heterocycles. The van der Waals surface area contributed by atoms with Gasteiger partial charge in [0.2, 0.25) is 5.91 Å². The summed E-state index contributed by atoms with van der Waals surface area (Å²) in [5, 5.41) is 3.81. The minimum atomic E-state index is -0.565. The highest BCUT2D eigenvalue weighted by Gasteiger charge is 2.25. The molecule has 162 valence electrons. The zero-order chi connectivity index (χ0) is 22.3. The minimum absolute atomic E-state index is 0.139. The second-order valence-corrected chi connectivity index (χ2v) is 7.70. The van der Waals surface area contributed by atoms with Crippen LogP contribution >= 0.6 is 0 Å². The fourth-order valence-corrected chi connectivity index (χ4v) is 3.90. The highest BCUT2D eigenvalue weighted by Crippen LogP contribution is 2.35. The lowest BCUT2D eigenvalue weighted by Crippen LogP contribution is -2.33. The number of aldehydes is 1. The molecule has 3 aromatic carbocycles. The number of hydrogen-bond acceptors (Lipinski definition) is 3. The Bertz CT molecular complexity index is 1200. The van der Waals surface area contributed by atoms with Crippen molar-refractivity contribution in [3.05, 3.63) is 102 Å². The number of amides is 1. The van der Waals surface area contributed by atoms with Crippen LogP contribution in [0.1, 0.15) is 34.6 Å². The summed E-state index contributed by atoms with van der Waals surface area (Å²) < 4.78 is 7.86. The standard InChI is InChI=1S/C27H26N2O3/c1-20(27(31)28-17-16-21-10-4-2-5-11-21)29-24-15-9-8-14-23(24)26(25(29)18-30)32-19-22-12-6-3-7-13-22/h2-15,18,20H,16-17,19H2,1H3,(H,28,31). The molecule has 1 aromatic heterocycles. The molecule has 0 spiro atoms. The molecule has 4 aromatic rings. The molecule has 0 aliphatic rings. The number of aromatic nitrogens is 1. The van der Waals surface area contributed by atoms with Crippen LogP contribution in [0.3, 0.4) is 0 Å². The van der Waals surface area contributed by atoms with Gasteiger partial charge in [-0.1, -0.05) is 72.8 Å². The average Bonchev–Trinajstić information content (AvgIpc) is 3.16. The average molecular weight is 427 g/mol. The third-order valence-corrected chi connectivity index (χ3v) is 5.56. The minimum Gasteiger partial charge on any atom is -0.486 e. The van der Waals surface area contributed by atoms with Crippen LogP contribution in [-0.2, 0) is 17.8 Å². The number of nitrogens with zero attached hydrogens (tertiary/aromatic N) is 1. The molecule has 1 amide bonds.